The van der Waals surface area contributed by atoms with Gasteiger partial charge in [-0.2, -0.15) is 0 Å². The highest BCUT2D eigenvalue weighted by atomic mass is 16.2. The molecule has 1 aliphatic rings. The number of carbonyl (C=O) groups is 2. The zero-order chi connectivity index (χ0) is 25.8. The molecule has 2 amide bonds. The molecule has 4 aromatic rings. The van der Waals surface area contributed by atoms with Gasteiger partial charge in [0.05, 0.1) is 6.04 Å². The van der Waals surface area contributed by atoms with E-state index >= 15 is 0 Å². The summed E-state index contributed by atoms with van der Waals surface area (Å²) in [6.45, 7) is 4.04. The molecule has 2 N–H and O–H groups in total. The van der Waals surface area contributed by atoms with Gasteiger partial charge in [-0.1, -0.05) is 78.9 Å². The summed E-state index contributed by atoms with van der Waals surface area (Å²) >= 11 is 0. The molecule has 0 aliphatic carbocycles. The number of fused-ring (bicyclic) bond motifs is 1. The summed E-state index contributed by atoms with van der Waals surface area (Å²) in [6.07, 6.45) is 0.452. The first-order valence-electron chi connectivity index (χ1n) is 12.7. The maximum absolute atomic E-state index is 13.2. The number of nitrogens with zero attached hydrogens (tertiary/aromatic N) is 1. The molecule has 2 unspecified atom stereocenters. The molecule has 0 aromatic heterocycles. The Kier molecular flexibility index (Phi) is 7.04. The van der Waals surface area contributed by atoms with E-state index in [1.165, 1.54) is 0 Å². The second-order valence-electron chi connectivity index (χ2n) is 9.64. The van der Waals surface area contributed by atoms with E-state index in [2.05, 4.69) is 22.8 Å². The lowest BCUT2D eigenvalue weighted by molar-refractivity contribution is 0.0685. The summed E-state index contributed by atoms with van der Waals surface area (Å²) in [5.74, 6) is -0.0917. The third-order valence-electron chi connectivity index (χ3n) is 6.80. The summed E-state index contributed by atoms with van der Waals surface area (Å²) in [5.41, 5.74) is 5.36. The number of amides is 2. The van der Waals surface area contributed by atoms with E-state index in [4.69, 9.17) is 0 Å². The Morgan fingerprint density at radius 3 is 2.11 bits per heavy atom. The zero-order valence-electron chi connectivity index (χ0n) is 21.1. The van der Waals surface area contributed by atoms with Crippen molar-refractivity contribution in [2.45, 2.75) is 38.5 Å². The molecule has 1 heterocycles. The Bertz CT molecular complexity index is 1370. The topological polar surface area (TPSA) is 61.4 Å². The Labute approximate surface area is 218 Å². The predicted octanol–water partition coefficient (Wildman–Crippen LogP) is 6.38. The van der Waals surface area contributed by atoms with Crippen molar-refractivity contribution in [1.29, 1.82) is 0 Å². The van der Waals surface area contributed by atoms with Gasteiger partial charge in [-0.25, -0.2) is 0 Å². The number of hydrogen-bond acceptors (Lipinski definition) is 3. The van der Waals surface area contributed by atoms with E-state index in [1.54, 1.807) is 0 Å². The number of hydrogen-bond donors (Lipinski definition) is 2. The lowest BCUT2D eigenvalue weighted by Gasteiger charge is -2.30. The first-order chi connectivity index (χ1) is 18.0. The molecule has 5 rings (SSSR count). The van der Waals surface area contributed by atoms with E-state index in [0.29, 0.717) is 12.0 Å². The van der Waals surface area contributed by atoms with Crippen LogP contribution in [0.4, 0.5) is 5.69 Å². The number of nitrogens with one attached hydrogen (secondary N) is 2. The molecule has 186 valence electrons. The van der Waals surface area contributed by atoms with Crippen LogP contribution in [0.1, 0.15) is 63.5 Å². The van der Waals surface area contributed by atoms with E-state index < -0.39 is 0 Å². The number of benzene rings is 4. The van der Waals surface area contributed by atoms with Crippen LogP contribution in [0.25, 0.3) is 0 Å². The molecule has 0 saturated carbocycles. The minimum Gasteiger partial charge on any atom is -0.361 e. The van der Waals surface area contributed by atoms with Crippen molar-refractivity contribution in [2.24, 2.45) is 0 Å². The fraction of sp³-hybridized carbons (Fsp3) is 0.188. The van der Waals surface area contributed by atoms with Gasteiger partial charge in [0.2, 0.25) is 0 Å². The van der Waals surface area contributed by atoms with Crippen molar-refractivity contribution in [1.82, 2.24) is 10.2 Å². The van der Waals surface area contributed by atoms with E-state index in [0.717, 1.165) is 27.9 Å². The smallest absolute Gasteiger partial charge is 0.256 e. The molecule has 5 heteroatoms. The quantitative estimate of drug-likeness (QED) is 0.302. The van der Waals surface area contributed by atoms with Crippen LogP contribution in [0.2, 0.25) is 0 Å². The van der Waals surface area contributed by atoms with Gasteiger partial charge in [-0.15, -0.1) is 0 Å². The molecular weight excluding hydrogens is 458 g/mol. The molecule has 0 spiro atoms. The molecule has 0 saturated heterocycles. The Morgan fingerprint density at radius 1 is 0.811 bits per heavy atom. The molecule has 37 heavy (non-hydrogen) atoms. The molecule has 4 aromatic carbocycles. The van der Waals surface area contributed by atoms with E-state index in [1.807, 2.05) is 116 Å². The minimum atomic E-state index is -0.253. The maximum atomic E-state index is 13.2. The molecule has 2 atom stereocenters. The molecule has 0 fully saturated rings. The van der Waals surface area contributed by atoms with Crippen molar-refractivity contribution in [2.75, 3.05) is 5.32 Å². The second kappa shape index (κ2) is 10.7. The first kappa shape index (κ1) is 24.3. The number of rotatable bonds is 8. The Hall–Kier alpha value is -4.38. The van der Waals surface area contributed by atoms with Crippen LogP contribution >= 0.6 is 0 Å². The summed E-state index contributed by atoms with van der Waals surface area (Å²) in [5, 5.41) is 6.72. The van der Waals surface area contributed by atoms with Crippen molar-refractivity contribution in [3.8, 4) is 0 Å². The van der Waals surface area contributed by atoms with Gasteiger partial charge in [0, 0.05) is 28.4 Å². The molecule has 0 bridgehead atoms. The first-order valence-corrected chi connectivity index (χ1v) is 12.7. The Balaban J connectivity index is 1.32. The normalized spacial score (nSPS) is 15.4. The maximum Gasteiger partial charge on any atom is 0.256 e. The molecule has 1 aliphatic heterocycles. The lowest BCUT2D eigenvalue weighted by Crippen LogP contribution is -2.37. The largest absolute Gasteiger partial charge is 0.361 e. The highest BCUT2D eigenvalue weighted by Crippen LogP contribution is 2.35. The summed E-state index contributed by atoms with van der Waals surface area (Å²) < 4.78 is 0. The second-order valence-corrected chi connectivity index (χ2v) is 9.64. The van der Waals surface area contributed by atoms with Crippen LogP contribution < -0.4 is 10.6 Å². The van der Waals surface area contributed by atoms with Gasteiger partial charge >= 0.3 is 0 Å². The van der Waals surface area contributed by atoms with Crippen LogP contribution in [-0.4, -0.2) is 22.8 Å². The van der Waals surface area contributed by atoms with Gasteiger partial charge < -0.3 is 15.5 Å². The number of carbonyl (C=O) groups excluding carboxylic acids is 2. The van der Waals surface area contributed by atoms with Gasteiger partial charge in [0.15, 0.2) is 0 Å². The monoisotopic (exact) mass is 489 g/mol. The summed E-state index contributed by atoms with van der Waals surface area (Å²) in [6, 6.07) is 35.3. The average Bonchev–Trinajstić information content (AvgIpc) is 3.21. The van der Waals surface area contributed by atoms with Gasteiger partial charge in [0.25, 0.3) is 11.8 Å². The van der Waals surface area contributed by atoms with Gasteiger partial charge in [-0.05, 0) is 61.7 Å². The van der Waals surface area contributed by atoms with Crippen LogP contribution in [0.15, 0.2) is 109 Å². The summed E-state index contributed by atoms with van der Waals surface area (Å²) in [4.78, 5) is 28.1. The number of anilines is 1. The highest BCUT2D eigenvalue weighted by Gasteiger charge is 2.37. The van der Waals surface area contributed by atoms with Crippen LogP contribution in [0.5, 0.6) is 0 Å². The van der Waals surface area contributed by atoms with E-state index in [9.17, 15) is 9.59 Å². The predicted molar refractivity (Wildman–Crippen MR) is 147 cm³/mol. The third kappa shape index (κ3) is 5.26. The highest BCUT2D eigenvalue weighted by molar-refractivity contribution is 5.99. The standard InChI is InChI=1S/C32H31N3O2/c1-22(2)35-30(27-15-9-10-16-28(27)32(35)37)33-26-19-17-25(18-20-26)31(36)34-29(24-13-7-4-8-14-24)21-23-11-5-3-6-12-23/h3-20,22,29-30,33H,21H2,1-2H3,(H,34,36). The van der Waals surface area contributed by atoms with Crippen LogP contribution in [0, 0.1) is 0 Å². The minimum absolute atomic E-state index is 0.0319. The zero-order valence-corrected chi connectivity index (χ0v) is 21.1. The lowest BCUT2D eigenvalue weighted by atomic mass is 9.98. The molecular formula is C32H31N3O2. The van der Waals surface area contributed by atoms with Gasteiger partial charge in [-0.3, -0.25) is 9.59 Å². The van der Waals surface area contributed by atoms with E-state index in [-0.39, 0.29) is 30.1 Å². The third-order valence-corrected chi connectivity index (χ3v) is 6.80. The van der Waals surface area contributed by atoms with Crippen molar-refractivity contribution in [3.63, 3.8) is 0 Å². The summed E-state index contributed by atoms with van der Waals surface area (Å²) in [7, 11) is 0. The fourth-order valence-corrected chi connectivity index (χ4v) is 4.92. The Morgan fingerprint density at radius 2 is 1.43 bits per heavy atom. The van der Waals surface area contributed by atoms with Crippen molar-refractivity contribution < 1.29 is 9.59 Å². The fourth-order valence-electron chi connectivity index (χ4n) is 4.92. The van der Waals surface area contributed by atoms with Gasteiger partial charge in [0.1, 0.15) is 6.17 Å². The van der Waals surface area contributed by atoms with Crippen molar-refractivity contribution in [3.05, 3.63) is 137 Å². The van der Waals surface area contributed by atoms with Crippen LogP contribution in [0.3, 0.4) is 0 Å². The average molecular weight is 490 g/mol. The van der Waals surface area contributed by atoms with Crippen molar-refractivity contribution >= 4 is 17.5 Å². The molecule has 0 radical (unpaired) electrons. The SMILES string of the molecule is CC(C)N1C(=O)c2ccccc2C1Nc1ccc(C(=O)NC(Cc2ccccc2)c2ccccc2)cc1. The van der Waals surface area contributed by atoms with Crippen LogP contribution in [-0.2, 0) is 6.42 Å². The molecule has 5 nitrogen and oxygen atoms in total.